The van der Waals surface area contributed by atoms with Crippen molar-refractivity contribution in [3.05, 3.63) is 83.4 Å². The molecule has 3 rings (SSSR count). The normalized spacial score (nSPS) is 11.5. The Morgan fingerprint density at radius 3 is 2.51 bits per heavy atom. The molecule has 190 valence electrons. The van der Waals surface area contributed by atoms with Gasteiger partial charge in [0.15, 0.2) is 0 Å². The van der Waals surface area contributed by atoms with Gasteiger partial charge in [0.1, 0.15) is 6.04 Å². The molecular weight excluding hydrogens is 470 g/mol. The Balaban J connectivity index is 1.96. The molecule has 0 radical (unpaired) electrons. The number of nitrogens with one attached hydrogen (secondary N) is 1. The summed E-state index contributed by atoms with van der Waals surface area (Å²) in [6.45, 7) is 3.63. The van der Waals surface area contributed by atoms with E-state index in [0.717, 1.165) is 16.0 Å². The van der Waals surface area contributed by atoms with Crippen LogP contribution in [0.15, 0.2) is 71.9 Å². The number of carbonyl (C=O) groups is 2. The summed E-state index contributed by atoms with van der Waals surface area (Å²) in [5, 5.41) is 24.8. The van der Waals surface area contributed by atoms with Crippen LogP contribution in [0.3, 0.4) is 0 Å². The maximum absolute atomic E-state index is 13.5. The molecule has 4 N–H and O–H groups in total. The summed E-state index contributed by atoms with van der Waals surface area (Å²) in [5.74, 6) is -0.478. The maximum Gasteiger partial charge on any atom is 0.416 e. The van der Waals surface area contributed by atoms with Crippen LogP contribution in [0.1, 0.15) is 30.5 Å². The van der Waals surface area contributed by atoms with Crippen LogP contribution in [0.4, 0.5) is 16.2 Å². The van der Waals surface area contributed by atoms with Gasteiger partial charge in [0.05, 0.1) is 24.5 Å². The number of ether oxygens (including phenoxy) is 1. The van der Waals surface area contributed by atoms with Gasteiger partial charge in [0.2, 0.25) is 0 Å². The van der Waals surface area contributed by atoms with E-state index >= 15 is 0 Å². The fourth-order valence-electron chi connectivity index (χ4n) is 3.99. The Bertz CT molecular complexity index is 1310. The number of carbonyl (C=O) groups excluding carboxylic acids is 2. The fraction of sp³-hybridized carbons (Fsp3) is 0.214. The quantitative estimate of drug-likeness (QED) is 0.168. The zero-order valence-corrected chi connectivity index (χ0v) is 20.7. The molecule has 0 saturated heterocycles. The van der Waals surface area contributed by atoms with Gasteiger partial charge in [-0.3, -0.25) is 4.79 Å². The van der Waals surface area contributed by atoms with Crippen LogP contribution in [0, 0.1) is 11.3 Å². The van der Waals surface area contributed by atoms with E-state index in [0.29, 0.717) is 28.1 Å². The van der Waals surface area contributed by atoms with E-state index < -0.39 is 18.0 Å². The SMILES string of the molecule is CCOC(=O)N(CC)C(=O)[C@H](Cc1cccc(N)c1C=NO)Nc1ccc(-c2ccccc2C#N)cc1. The largest absolute Gasteiger partial charge is 0.449 e. The number of nitrogen functional groups attached to an aromatic ring is 1. The number of hydrogen-bond donors (Lipinski definition) is 3. The first-order valence-electron chi connectivity index (χ1n) is 11.8. The molecule has 0 spiro atoms. The lowest BCUT2D eigenvalue weighted by molar-refractivity contribution is -0.130. The first kappa shape index (κ1) is 26.8. The fourth-order valence-corrected chi connectivity index (χ4v) is 3.99. The van der Waals surface area contributed by atoms with Crippen molar-refractivity contribution < 1.29 is 19.5 Å². The molecule has 0 heterocycles. The van der Waals surface area contributed by atoms with Gasteiger partial charge in [0, 0.05) is 29.9 Å². The van der Waals surface area contributed by atoms with Crippen LogP contribution < -0.4 is 11.1 Å². The van der Waals surface area contributed by atoms with E-state index in [1.807, 2.05) is 30.3 Å². The molecule has 3 aromatic carbocycles. The number of imide groups is 1. The Kier molecular flexibility index (Phi) is 9.22. The van der Waals surface area contributed by atoms with E-state index in [9.17, 15) is 14.9 Å². The van der Waals surface area contributed by atoms with Crippen LogP contribution in [-0.4, -0.2) is 47.5 Å². The summed E-state index contributed by atoms with van der Waals surface area (Å²) in [4.78, 5) is 27.0. The molecule has 0 saturated carbocycles. The van der Waals surface area contributed by atoms with Crippen LogP contribution in [0.2, 0.25) is 0 Å². The highest BCUT2D eigenvalue weighted by atomic mass is 16.6. The summed E-state index contributed by atoms with van der Waals surface area (Å²) >= 11 is 0. The van der Waals surface area contributed by atoms with E-state index in [2.05, 4.69) is 16.5 Å². The molecule has 0 bridgehead atoms. The minimum atomic E-state index is -0.866. The molecule has 2 amide bonds. The topological polar surface area (TPSA) is 141 Å². The van der Waals surface area contributed by atoms with Crippen molar-refractivity contribution in [3.8, 4) is 17.2 Å². The minimum absolute atomic E-state index is 0.127. The molecule has 1 atom stereocenters. The number of benzene rings is 3. The second kappa shape index (κ2) is 12.7. The number of nitrogens with two attached hydrogens (primary N) is 1. The zero-order valence-electron chi connectivity index (χ0n) is 20.7. The van der Waals surface area contributed by atoms with Crippen molar-refractivity contribution in [2.75, 3.05) is 24.2 Å². The van der Waals surface area contributed by atoms with Crippen molar-refractivity contribution in [2.45, 2.75) is 26.3 Å². The van der Waals surface area contributed by atoms with Crippen molar-refractivity contribution in [3.63, 3.8) is 0 Å². The summed E-state index contributed by atoms with van der Waals surface area (Å²) in [6, 6.07) is 21.1. The van der Waals surface area contributed by atoms with Gasteiger partial charge in [-0.25, -0.2) is 9.69 Å². The average Bonchev–Trinajstić information content (AvgIpc) is 2.91. The van der Waals surface area contributed by atoms with Crippen LogP contribution in [0.5, 0.6) is 0 Å². The lowest BCUT2D eigenvalue weighted by Gasteiger charge is -2.26. The first-order chi connectivity index (χ1) is 17.9. The highest BCUT2D eigenvalue weighted by Gasteiger charge is 2.29. The third kappa shape index (κ3) is 6.44. The third-order valence-electron chi connectivity index (χ3n) is 5.79. The molecule has 0 aliphatic rings. The zero-order chi connectivity index (χ0) is 26.8. The maximum atomic E-state index is 13.5. The molecule has 37 heavy (non-hydrogen) atoms. The summed E-state index contributed by atoms with van der Waals surface area (Å²) < 4.78 is 5.07. The molecule has 0 unspecified atom stereocenters. The molecule has 0 fully saturated rings. The molecule has 0 aliphatic carbocycles. The van der Waals surface area contributed by atoms with Crippen LogP contribution in [0.25, 0.3) is 11.1 Å². The molecule has 9 heteroatoms. The Morgan fingerprint density at radius 1 is 1.14 bits per heavy atom. The van der Waals surface area contributed by atoms with Gasteiger partial charge < -0.3 is 21.0 Å². The molecule has 9 nitrogen and oxygen atoms in total. The highest BCUT2D eigenvalue weighted by molar-refractivity contribution is 5.97. The summed E-state index contributed by atoms with van der Waals surface area (Å²) in [5.41, 5.74) is 10.4. The lowest BCUT2D eigenvalue weighted by Crippen LogP contribution is -2.47. The smallest absolute Gasteiger partial charge is 0.416 e. The van der Waals surface area contributed by atoms with Crippen LogP contribution >= 0.6 is 0 Å². The van der Waals surface area contributed by atoms with Crippen molar-refractivity contribution in [1.29, 1.82) is 5.26 Å². The summed E-state index contributed by atoms with van der Waals surface area (Å²) in [6.07, 6.45) is 0.645. The molecular formula is C28H29N5O4. The predicted molar refractivity (Wildman–Crippen MR) is 142 cm³/mol. The van der Waals surface area contributed by atoms with Gasteiger partial charge in [-0.15, -0.1) is 0 Å². The van der Waals surface area contributed by atoms with Crippen molar-refractivity contribution in [2.24, 2.45) is 5.16 Å². The van der Waals surface area contributed by atoms with E-state index in [1.165, 1.54) is 6.21 Å². The first-order valence-corrected chi connectivity index (χ1v) is 11.8. The minimum Gasteiger partial charge on any atom is -0.449 e. The van der Waals surface area contributed by atoms with Gasteiger partial charge in [-0.2, -0.15) is 5.26 Å². The number of rotatable bonds is 9. The second-order valence-electron chi connectivity index (χ2n) is 8.08. The van der Waals surface area contributed by atoms with E-state index in [4.69, 9.17) is 15.7 Å². The van der Waals surface area contributed by atoms with E-state index in [-0.39, 0.29) is 19.6 Å². The average molecular weight is 500 g/mol. The van der Waals surface area contributed by atoms with Gasteiger partial charge >= 0.3 is 6.09 Å². The Hall–Kier alpha value is -4.84. The number of amides is 2. The van der Waals surface area contributed by atoms with E-state index in [1.54, 1.807) is 50.2 Å². The van der Waals surface area contributed by atoms with Gasteiger partial charge in [-0.05, 0) is 54.8 Å². The number of hydrogen-bond acceptors (Lipinski definition) is 8. The molecule has 0 aromatic heterocycles. The third-order valence-corrected chi connectivity index (χ3v) is 5.79. The summed E-state index contributed by atoms with van der Waals surface area (Å²) in [7, 11) is 0. The number of nitrogens with zero attached hydrogens (tertiary/aromatic N) is 3. The van der Waals surface area contributed by atoms with Crippen LogP contribution in [-0.2, 0) is 16.0 Å². The predicted octanol–water partition coefficient (Wildman–Crippen LogP) is 4.64. The number of likely N-dealkylation sites (N-methyl/N-ethyl adjacent to an activating group) is 1. The van der Waals surface area contributed by atoms with Gasteiger partial charge in [-0.1, -0.05) is 47.6 Å². The van der Waals surface area contributed by atoms with Crippen molar-refractivity contribution >= 4 is 29.6 Å². The van der Waals surface area contributed by atoms with Crippen molar-refractivity contribution in [1.82, 2.24) is 4.90 Å². The molecule has 0 aliphatic heterocycles. The second-order valence-corrected chi connectivity index (χ2v) is 8.08. The van der Waals surface area contributed by atoms with Gasteiger partial charge in [0.25, 0.3) is 5.91 Å². The number of oxime groups is 1. The highest BCUT2D eigenvalue weighted by Crippen LogP contribution is 2.26. The standard InChI is InChI=1S/C28H29N5O4/c1-3-33(28(35)37-4-2)27(34)26(16-20-9-7-11-25(30)24(20)18-31-36)32-22-14-12-19(13-15-22)23-10-6-5-8-21(23)17-29/h5-15,18,26,32,36H,3-4,16,30H2,1-2H3/t26-/m0/s1. The number of anilines is 2. The Labute approximate surface area is 215 Å². The number of nitriles is 1. The Morgan fingerprint density at radius 2 is 1.86 bits per heavy atom. The lowest BCUT2D eigenvalue weighted by atomic mass is 9.97. The monoisotopic (exact) mass is 499 g/mol. The molecule has 3 aromatic rings.